The molecule has 1 aromatic rings. The van der Waals surface area contributed by atoms with Crippen molar-refractivity contribution in [2.45, 2.75) is 11.5 Å². The van der Waals surface area contributed by atoms with E-state index in [4.69, 9.17) is 0 Å². The number of alkyl halides is 2. The number of hydrogen-bond acceptors (Lipinski definition) is 3. The lowest BCUT2D eigenvalue weighted by Gasteiger charge is -2.09. The second-order valence-corrected chi connectivity index (χ2v) is 4.02. The molecule has 0 bridgehead atoms. The molecule has 0 fully saturated rings. The van der Waals surface area contributed by atoms with Gasteiger partial charge in [0.2, 0.25) is 10.0 Å². The Kier molecular flexibility index (Phi) is 3.20. The molecule has 0 aliphatic carbocycles. The van der Waals surface area contributed by atoms with Crippen molar-refractivity contribution in [2.75, 3.05) is 0 Å². The number of hydrogen-bond donors (Lipinski definition) is 1. The van der Waals surface area contributed by atoms with Crippen LogP contribution in [0, 0.1) is 5.82 Å². The largest absolute Gasteiger partial charge is 0.430 e. The van der Waals surface area contributed by atoms with Gasteiger partial charge >= 0.3 is 6.61 Å². The van der Waals surface area contributed by atoms with Crippen LogP contribution in [0.1, 0.15) is 0 Å². The molecule has 0 aromatic heterocycles. The fraction of sp³-hybridized carbons (Fsp3) is 0.143. The van der Waals surface area contributed by atoms with Crippen molar-refractivity contribution in [3.05, 3.63) is 24.0 Å². The summed E-state index contributed by atoms with van der Waals surface area (Å²) in [6.07, 6.45) is 0. The Bertz CT molecular complexity index is 461. The molecule has 4 nitrogen and oxygen atoms in total. The van der Waals surface area contributed by atoms with Crippen molar-refractivity contribution >= 4 is 10.0 Å². The molecule has 0 aliphatic heterocycles. The van der Waals surface area contributed by atoms with Gasteiger partial charge in [-0.1, -0.05) is 6.07 Å². The Morgan fingerprint density at radius 3 is 2.40 bits per heavy atom. The maximum atomic E-state index is 13.0. The van der Waals surface area contributed by atoms with E-state index in [9.17, 15) is 21.6 Å². The van der Waals surface area contributed by atoms with Gasteiger partial charge in [-0.3, -0.25) is 0 Å². The molecule has 1 aromatic carbocycles. The number of ether oxygens (including phenoxy) is 1. The molecular weight excluding hydrogens is 235 g/mol. The van der Waals surface area contributed by atoms with Crippen molar-refractivity contribution < 1.29 is 26.3 Å². The fourth-order valence-electron chi connectivity index (χ4n) is 0.917. The monoisotopic (exact) mass is 241 g/mol. The van der Waals surface area contributed by atoms with Crippen LogP contribution in [0.5, 0.6) is 5.75 Å². The third kappa shape index (κ3) is 2.83. The quantitative estimate of drug-likeness (QED) is 0.860. The summed E-state index contributed by atoms with van der Waals surface area (Å²) in [5, 5.41) is 4.68. The first kappa shape index (κ1) is 11.8. The Morgan fingerprint density at radius 1 is 1.33 bits per heavy atom. The highest BCUT2D eigenvalue weighted by atomic mass is 32.2. The summed E-state index contributed by atoms with van der Waals surface area (Å²) in [7, 11) is -4.30. The molecule has 2 N–H and O–H groups in total. The van der Waals surface area contributed by atoms with Gasteiger partial charge < -0.3 is 4.74 Å². The van der Waals surface area contributed by atoms with Gasteiger partial charge in [-0.2, -0.15) is 8.78 Å². The molecule has 15 heavy (non-hydrogen) atoms. The van der Waals surface area contributed by atoms with E-state index >= 15 is 0 Å². The molecular formula is C7H6F3NO3S. The van der Waals surface area contributed by atoms with Crippen LogP contribution in [-0.2, 0) is 10.0 Å². The lowest BCUT2D eigenvalue weighted by atomic mass is 10.3. The van der Waals surface area contributed by atoms with E-state index in [-0.39, 0.29) is 0 Å². The van der Waals surface area contributed by atoms with Crippen LogP contribution >= 0.6 is 0 Å². The van der Waals surface area contributed by atoms with Crippen LogP contribution in [0.2, 0.25) is 0 Å². The minimum atomic E-state index is -4.30. The second kappa shape index (κ2) is 4.07. The molecule has 0 atom stereocenters. The van der Waals surface area contributed by atoms with Gasteiger partial charge in [0, 0.05) is 0 Å². The number of nitrogens with two attached hydrogens (primary N) is 1. The van der Waals surface area contributed by atoms with Crippen molar-refractivity contribution in [2.24, 2.45) is 5.14 Å². The number of benzene rings is 1. The highest BCUT2D eigenvalue weighted by Crippen LogP contribution is 2.27. The average Bonchev–Trinajstić information content (AvgIpc) is 2.05. The molecule has 0 unspecified atom stereocenters. The summed E-state index contributed by atoms with van der Waals surface area (Å²) >= 11 is 0. The third-order valence-corrected chi connectivity index (χ3v) is 2.38. The average molecular weight is 241 g/mol. The minimum absolute atomic E-state index is 0.784. The minimum Gasteiger partial charge on any atom is -0.430 e. The fourth-order valence-corrected chi connectivity index (χ4v) is 1.59. The summed E-state index contributed by atoms with van der Waals surface area (Å²) < 4.78 is 62.1. The molecule has 0 saturated heterocycles. The Morgan fingerprint density at radius 2 is 1.93 bits per heavy atom. The Hall–Kier alpha value is -1.28. The van der Waals surface area contributed by atoms with Crippen LogP contribution in [0.3, 0.4) is 0 Å². The number of sulfonamides is 1. The second-order valence-electron chi connectivity index (χ2n) is 2.49. The van der Waals surface area contributed by atoms with Gasteiger partial charge in [0.05, 0.1) is 0 Å². The van der Waals surface area contributed by atoms with Crippen LogP contribution < -0.4 is 9.88 Å². The van der Waals surface area contributed by atoms with E-state index in [2.05, 4.69) is 9.88 Å². The van der Waals surface area contributed by atoms with E-state index in [0.29, 0.717) is 0 Å². The van der Waals surface area contributed by atoms with Crippen LogP contribution in [0.15, 0.2) is 23.1 Å². The van der Waals surface area contributed by atoms with Gasteiger partial charge in [0.25, 0.3) is 0 Å². The SMILES string of the molecule is NS(=O)(=O)c1cccc(F)c1OC(F)F. The highest BCUT2D eigenvalue weighted by molar-refractivity contribution is 7.89. The van der Waals surface area contributed by atoms with Crippen LogP contribution in [0.4, 0.5) is 13.2 Å². The number of primary sulfonamides is 1. The summed E-state index contributed by atoms with van der Waals surface area (Å²) in [5.74, 6) is -2.29. The molecule has 0 radical (unpaired) electrons. The maximum Gasteiger partial charge on any atom is 0.387 e. The third-order valence-electron chi connectivity index (χ3n) is 1.44. The Labute approximate surface area is 83.5 Å². The van der Waals surface area contributed by atoms with Crippen molar-refractivity contribution in [3.63, 3.8) is 0 Å². The first-order valence-corrected chi connectivity index (χ1v) is 5.13. The van der Waals surface area contributed by atoms with E-state index in [1.165, 1.54) is 0 Å². The summed E-state index contributed by atoms with van der Waals surface area (Å²) in [4.78, 5) is -0.817. The van der Waals surface area contributed by atoms with Gasteiger partial charge in [-0.25, -0.2) is 17.9 Å². The molecule has 0 heterocycles. The molecule has 0 amide bonds. The number of para-hydroxylation sites is 1. The van der Waals surface area contributed by atoms with Gasteiger partial charge in [0.1, 0.15) is 4.90 Å². The van der Waals surface area contributed by atoms with Gasteiger partial charge in [-0.15, -0.1) is 0 Å². The summed E-state index contributed by atoms with van der Waals surface area (Å²) in [5.41, 5.74) is 0. The zero-order chi connectivity index (χ0) is 11.6. The van der Waals surface area contributed by atoms with Crippen molar-refractivity contribution in [3.8, 4) is 5.75 Å². The van der Waals surface area contributed by atoms with E-state index in [1.807, 2.05) is 0 Å². The van der Waals surface area contributed by atoms with Crippen molar-refractivity contribution in [1.82, 2.24) is 0 Å². The lowest BCUT2D eigenvalue weighted by molar-refractivity contribution is -0.0541. The topological polar surface area (TPSA) is 69.4 Å². The van der Waals surface area contributed by atoms with Gasteiger partial charge in [-0.05, 0) is 12.1 Å². The molecule has 0 spiro atoms. The normalized spacial score (nSPS) is 11.8. The molecule has 1 rings (SSSR count). The van der Waals surface area contributed by atoms with Crippen LogP contribution in [-0.4, -0.2) is 15.0 Å². The summed E-state index contributed by atoms with van der Waals surface area (Å²) in [6.45, 7) is -3.33. The standard InChI is InChI=1S/C7H6F3NO3S/c8-4-2-1-3-5(15(11,12)13)6(4)14-7(9)10/h1-3,7H,(H2,11,12,13). The Balaban J connectivity index is 3.33. The van der Waals surface area contributed by atoms with E-state index in [1.54, 1.807) is 0 Å². The zero-order valence-electron chi connectivity index (χ0n) is 7.15. The molecule has 8 heteroatoms. The smallest absolute Gasteiger partial charge is 0.387 e. The van der Waals surface area contributed by atoms with Gasteiger partial charge in [0.15, 0.2) is 11.6 Å². The first-order chi connectivity index (χ1) is 6.82. The lowest BCUT2D eigenvalue weighted by Crippen LogP contribution is -2.16. The summed E-state index contributed by atoms with van der Waals surface area (Å²) in [6, 6.07) is 2.68. The zero-order valence-corrected chi connectivity index (χ0v) is 7.97. The predicted octanol–water partition coefficient (Wildman–Crippen LogP) is 1.07. The molecule has 0 saturated carbocycles. The number of rotatable bonds is 3. The predicted molar refractivity (Wildman–Crippen MR) is 44.4 cm³/mol. The maximum absolute atomic E-state index is 13.0. The number of halogens is 3. The van der Waals surface area contributed by atoms with E-state index < -0.39 is 33.1 Å². The van der Waals surface area contributed by atoms with Crippen LogP contribution in [0.25, 0.3) is 0 Å². The van der Waals surface area contributed by atoms with E-state index in [0.717, 1.165) is 18.2 Å². The molecule has 0 aliphatic rings. The first-order valence-electron chi connectivity index (χ1n) is 3.58. The highest BCUT2D eigenvalue weighted by Gasteiger charge is 2.21. The van der Waals surface area contributed by atoms with Crippen molar-refractivity contribution in [1.29, 1.82) is 0 Å². The molecule has 84 valence electrons.